The Morgan fingerprint density at radius 1 is 1.09 bits per heavy atom. The Hall–Kier alpha value is -2.60. The predicted molar refractivity (Wildman–Crippen MR) is 86.5 cm³/mol. The molecule has 0 spiro atoms. The zero-order valence-corrected chi connectivity index (χ0v) is 13.5. The van der Waals surface area contributed by atoms with E-state index in [1.54, 1.807) is 7.11 Å². The van der Waals surface area contributed by atoms with Gasteiger partial charge >= 0.3 is 6.09 Å². The van der Waals surface area contributed by atoms with Crippen molar-refractivity contribution in [3.05, 3.63) is 42.0 Å². The third kappa shape index (κ3) is 4.69. The molecule has 1 unspecified atom stereocenters. The average molecular weight is 317 g/mol. The number of fused-ring (bicyclic) bond motifs is 1. The molecule has 0 radical (unpaired) electrons. The molecule has 0 aliphatic carbocycles. The van der Waals surface area contributed by atoms with Crippen LogP contribution in [0.2, 0.25) is 0 Å². The number of carbonyl (C=O) groups is 2. The number of rotatable bonds is 5. The minimum Gasteiger partial charge on any atom is -0.497 e. The van der Waals surface area contributed by atoms with Gasteiger partial charge in [-0.3, -0.25) is 10.1 Å². The van der Waals surface area contributed by atoms with Crippen LogP contribution in [-0.4, -0.2) is 39.8 Å². The molecule has 0 heterocycles. The number of hydrogen-bond donors (Lipinski definition) is 2. The molecule has 2 aromatic carbocycles. The van der Waals surface area contributed by atoms with Crippen LogP contribution in [0.1, 0.15) is 5.56 Å². The van der Waals surface area contributed by atoms with Gasteiger partial charge in [0.1, 0.15) is 12.3 Å². The molecule has 6 heteroatoms. The predicted octanol–water partition coefficient (Wildman–Crippen LogP) is 0.746. The monoisotopic (exact) mass is 317 g/mol. The number of imide groups is 1. The van der Waals surface area contributed by atoms with E-state index < -0.39 is 6.09 Å². The molecule has 0 aliphatic rings. The Kier molecular flexibility index (Phi) is 5.54. The van der Waals surface area contributed by atoms with Crippen LogP contribution in [0.3, 0.4) is 0 Å². The van der Waals surface area contributed by atoms with Crippen LogP contribution in [0, 0.1) is 0 Å². The summed E-state index contributed by atoms with van der Waals surface area (Å²) >= 11 is 0. The molecule has 23 heavy (non-hydrogen) atoms. The number of hydrogen-bond acceptors (Lipinski definition) is 4. The molecule has 0 saturated heterocycles. The van der Waals surface area contributed by atoms with Crippen molar-refractivity contribution in [1.29, 1.82) is 0 Å². The lowest BCUT2D eigenvalue weighted by atomic mass is 10.1. The molecule has 2 amide bonds. The SMILES string of the molecule is COC(=O)NC(=O)C[NH+](C)Cc1ccc2cc(OC)ccc2c1. The highest BCUT2D eigenvalue weighted by Gasteiger charge is 2.13. The van der Waals surface area contributed by atoms with E-state index in [4.69, 9.17) is 4.74 Å². The van der Waals surface area contributed by atoms with Gasteiger partial charge in [-0.15, -0.1) is 0 Å². The first-order valence-electron chi connectivity index (χ1n) is 7.27. The highest BCUT2D eigenvalue weighted by atomic mass is 16.5. The minimum absolute atomic E-state index is 0.190. The fourth-order valence-corrected chi connectivity index (χ4v) is 2.40. The standard InChI is InChI=1S/C17H20N2O4/c1-19(11-16(20)18-17(21)23-3)10-12-4-5-14-9-15(22-2)7-6-13(14)8-12/h4-9H,10-11H2,1-3H3,(H,18,20,21)/p+1. The largest absolute Gasteiger partial charge is 0.497 e. The lowest BCUT2D eigenvalue weighted by Gasteiger charge is -2.14. The van der Waals surface area contributed by atoms with E-state index >= 15 is 0 Å². The van der Waals surface area contributed by atoms with Crippen LogP contribution in [0.4, 0.5) is 4.79 Å². The Morgan fingerprint density at radius 3 is 2.48 bits per heavy atom. The fourth-order valence-electron chi connectivity index (χ4n) is 2.40. The van der Waals surface area contributed by atoms with E-state index in [1.807, 2.05) is 37.4 Å². The van der Waals surface area contributed by atoms with Gasteiger partial charge in [0.05, 0.1) is 21.3 Å². The zero-order valence-electron chi connectivity index (χ0n) is 13.5. The molecule has 2 N–H and O–H groups in total. The van der Waals surface area contributed by atoms with Crippen LogP contribution in [0.25, 0.3) is 10.8 Å². The van der Waals surface area contributed by atoms with Crippen molar-refractivity contribution < 1.29 is 24.0 Å². The van der Waals surface area contributed by atoms with Gasteiger partial charge in [0.25, 0.3) is 5.91 Å². The van der Waals surface area contributed by atoms with Gasteiger partial charge in [0.2, 0.25) is 0 Å². The number of nitrogens with one attached hydrogen (secondary N) is 2. The number of methoxy groups -OCH3 is 2. The lowest BCUT2D eigenvalue weighted by molar-refractivity contribution is -0.885. The maximum absolute atomic E-state index is 11.6. The summed E-state index contributed by atoms with van der Waals surface area (Å²) in [5, 5.41) is 4.38. The summed E-state index contributed by atoms with van der Waals surface area (Å²) in [6, 6.07) is 12.1. The molecule has 1 atom stereocenters. The van der Waals surface area contributed by atoms with Crippen molar-refractivity contribution in [3.8, 4) is 5.75 Å². The van der Waals surface area contributed by atoms with Crippen molar-refractivity contribution in [2.75, 3.05) is 27.8 Å². The van der Waals surface area contributed by atoms with Gasteiger partial charge in [-0.05, 0) is 29.0 Å². The number of carbonyl (C=O) groups excluding carboxylic acids is 2. The Labute approximate surface area is 135 Å². The lowest BCUT2D eigenvalue weighted by Crippen LogP contribution is -3.08. The second-order valence-electron chi connectivity index (χ2n) is 5.40. The molecular weight excluding hydrogens is 296 g/mol. The molecule has 0 aliphatic heterocycles. The summed E-state index contributed by atoms with van der Waals surface area (Å²) in [6.07, 6.45) is -0.734. The number of quaternary nitrogens is 1. The van der Waals surface area contributed by atoms with Crippen molar-refractivity contribution >= 4 is 22.8 Å². The van der Waals surface area contributed by atoms with Crippen molar-refractivity contribution in [1.82, 2.24) is 5.32 Å². The van der Waals surface area contributed by atoms with Gasteiger partial charge in [0, 0.05) is 5.56 Å². The van der Waals surface area contributed by atoms with Crippen molar-refractivity contribution in [2.45, 2.75) is 6.54 Å². The second-order valence-corrected chi connectivity index (χ2v) is 5.40. The zero-order chi connectivity index (χ0) is 16.8. The molecule has 6 nitrogen and oxygen atoms in total. The maximum atomic E-state index is 11.6. The number of ether oxygens (including phenoxy) is 2. The van der Waals surface area contributed by atoms with Gasteiger partial charge in [0.15, 0.2) is 6.54 Å². The third-order valence-corrected chi connectivity index (χ3v) is 3.51. The Morgan fingerprint density at radius 2 is 1.78 bits per heavy atom. The van der Waals surface area contributed by atoms with Crippen LogP contribution in [0.15, 0.2) is 36.4 Å². The normalized spacial score (nSPS) is 11.8. The van der Waals surface area contributed by atoms with Crippen LogP contribution in [-0.2, 0) is 16.1 Å². The number of benzene rings is 2. The van der Waals surface area contributed by atoms with E-state index in [2.05, 4.69) is 16.1 Å². The average Bonchev–Trinajstić information content (AvgIpc) is 2.53. The Balaban J connectivity index is 2.00. The van der Waals surface area contributed by atoms with Gasteiger partial charge in [-0.25, -0.2) is 4.79 Å². The third-order valence-electron chi connectivity index (χ3n) is 3.51. The van der Waals surface area contributed by atoms with Crippen LogP contribution >= 0.6 is 0 Å². The summed E-state index contributed by atoms with van der Waals surface area (Å²) in [4.78, 5) is 23.6. The summed E-state index contributed by atoms with van der Waals surface area (Å²) in [7, 11) is 4.77. The first kappa shape index (κ1) is 16.8. The van der Waals surface area contributed by atoms with Gasteiger partial charge < -0.3 is 14.4 Å². The first-order chi connectivity index (χ1) is 11.0. The van der Waals surface area contributed by atoms with Gasteiger partial charge in [-0.2, -0.15) is 0 Å². The molecule has 122 valence electrons. The van der Waals surface area contributed by atoms with Crippen molar-refractivity contribution in [2.24, 2.45) is 0 Å². The number of alkyl carbamates (subject to hydrolysis) is 1. The molecule has 0 bridgehead atoms. The smallest absolute Gasteiger partial charge is 0.413 e. The summed E-state index contributed by atoms with van der Waals surface area (Å²) in [5.41, 5.74) is 1.12. The number of likely N-dealkylation sites (N-methyl/N-ethyl adjacent to an activating group) is 1. The quantitative estimate of drug-likeness (QED) is 0.854. The first-order valence-corrected chi connectivity index (χ1v) is 7.27. The van der Waals surface area contributed by atoms with Crippen molar-refractivity contribution in [3.63, 3.8) is 0 Å². The topological polar surface area (TPSA) is 69.1 Å². The molecule has 2 rings (SSSR count). The molecule has 0 saturated carbocycles. The van der Waals surface area contributed by atoms with Crippen LogP contribution in [0.5, 0.6) is 5.75 Å². The minimum atomic E-state index is -0.734. The highest BCUT2D eigenvalue weighted by molar-refractivity contribution is 5.92. The summed E-state index contributed by atoms with van der Waals surface area (Å²) in [5.74, 6) is 0.465. The van der Waals surface area contributed by atoms with Gasteiger partial charge in [-0.1, -0.05) is 18.2 Å². The highest BCUT2D eigenvalue weighted by Crippen LogP contribution is 2.21. The van der Waals surface area contributed by atoms with E-state index in [0.29, 0.717) is 6.54 Å². The Bertz CT molecular complexity index is 715. The second kappa shape index (κ2) is 7.60. The summed E-state index contributed by atoms with van der Waals surface area (Å²) in [6.45, 7) is 0.867. The molecule has 0 fully saturated rings. The van der Waals surface area contributed by atoms with E-state index in [0.717, 1.165) is 27.0 Å². The summed E-state index contributed by atoms with van der Waals surface area (Å²) < 4.78 is 9.61. The molecular formula is C17H21N2O4+. The fraction of sp³-hybridized carbons (Fsp3) is 0.294. The van der Waals surface area contributed by atoms with E-state index in [9.17, 15) is 9.59 Å². The molecule has 2 aromatic rings. The van der Waals surface area contributed by atoms with Crippen LogP contribution < -0.4 is 15.0 Å². The number of amides is 2. The van der Waals surface area contributed by atoms with E-state index in [-0.39, 0.29) is 12.5 Å². The van der Waals surface area contributed by atoms with E-state index in [1.165, 1.54) is 7.11 Å². The molecule has 0 aromatic heterocycles. The maximum Gasteiger partial charge on any atom is 0.413 e.